The molecule has 1 aliphatic carbocycles. The van der Waals surface area contributed by atoms with E-state index in [1.807, 2.05) is 0 Å². The van der Waals surface area contributed by atoms with E-state index in [1.165, 1.54) is 18.6 Å². The first-order valence-electron chi connectivity index (χ1n) is 7.47. The Balaban J connectivity index is 2.05. The highest BCUT2D eigenvalue weighted by Gasteiger charge is 2.33. The van der Waals surface area contributed by atoms with Crippen LogP contribution >= 0.6 is 0 Å². The van der Waals surface area contributed by atoms with Gasteiger partial charge in [0.1, 0.15) is 11.9 Å². The summed E-state index contributed by atoms with van der Waals surface area (Å²) in [5.41, 5.74) is 0.503. The van der Waals surface area contributed by atoms with Crippen LogP contribution < -0.4 is 0 Å². The lowest BCUT2D eigenvalue weighted by molar-refractivity contribution is -0.0174. The van der Waals surface area contributed by atoms with Gasteiger partial charge >= 0.3 is 5.97 Å². The van der Waals surface area contributed by atoms with Crippen molar-refractivity contribution in [3.05, 3.63) is 29.8 Å². The first-order valence-corrected chi connectivity index (χ1v) is 7.47. The Hall–Kier alpha value is -1.51. The van der Waals surface area contributed by atoms with Crippen molar-refractivity contribution in [3.63, 3.8) is 0 Å². The molecule has 1 N–H and O–H groups in total. The molecule has 1 aromatic rings. The van der Waals surface area contributed by atoms with Crippen LogP contribution in [0, 0.1) is 17.8 Å². The normalized spacial score (nSPS) is 26.5. The average molecular weight is 276 g/mol. The zero-order valence-electron chi connectivity index (χ0n) is 12.5. The van der Waals surface area contributed by atoms with E-state index < -0.39 is 0 Å². The topological polar surface area (TPSA) is 46.5 Å². The van der Waals surface area contributed by atoms with Crippen molar-refractivity contribution in [3.8, 4) is 5.75 Å². The molecule has 0 unspecified atom stereocenters. The summed E-state index contributed by atoms with van der Waals surface area (Å²) in [7, 11) is 0. The summed E-state index contributed by atoms with van der Waals surface area (Å²) in [6, 6.07) is 6.24. The number of hydrogen-bond acceptors (Lipinski definition) is 3. The SMILES string of the molecule is CC(C)[C@@H]1CC[C@@H](C)C[C@H]1OC(=O)c1ccc(O)cc1. The van der Waals surface area contributed by atoms with Crippen molar-refractivity contribution in [1.29, 1.82) is 0 Å². The molecule has 0 aliphatic heterocycles. The van der Waals surface area contributed by atoms with Crippen LogP contribution in [0.25, 0.3) is 0 Å². The number of ether oxygens (including phenoxy) is 1. The third kappa shape index (κ3) is 3.53. The molecule has 1 aromatic carbocycles. The average Bonchev–Trinajstić information content (AvgIpc) is 2.39. The van der Waals surface area contributed by atoms with Crippen LogP contribution in [0.1, 0.15) is 50.4 Å². The highest BCUT2D eigenvalue weighted by atomic mass is 16.5. The van der Waals surface area contributed by atoms with Gasteiger partial charge < -0.3 is 9.84 Å². The van der Waals surface area contributed by atoms with Crippen LogP contribution in [0.3, 0.4) is 0 Å². The first-order chi connectivity index (χ1) is 9.47. The van der Waals surface area contributed by atoms with Crippen molar-refractivity contribution in [2.24, 2.45) is 17.8 Å². The van der Waals surface area contributed by atoms with Crippen LogP contribution in [0.15, 0.2) is 24.3 Å². The molecule has 1 aliphatic rings. The second kappa shape index (κ2) is 6.29. The van der Waals surface area contributed by atoms with Crippen molar-refractivity contribution >= 4 is 5.97 Å². The Morgan fingerprint density at radius 1 is 1.25 bits per heavy atom. The highest BCUT2D eigenvalue weighted by molar-refractivity contribution is 5.89. The van der Waals surface area contributed by atoms with E-state index in [9.17, 15) is 9.90 Å². The molecule has 0 saturated heterocycles. The zero-order valence-corrected chi connectivity index (χ0v) is 12.5. The maximum atomic E-state index is 12.2. The quantitative estimate of drug-likeness (QED) is 0.848. The minimum absolute atomic E-state index is 0.0139. The number of phenolic OH excluding ortho intramolecular Hbond substituents is 1. The number of esters is 1. The van der Waals surface area contributed by atoms with E-state index in [4.69, 9.17) is 4.74 Å². The van der Waals surface area contributed by atoms with Gasteiger partial charge in [0, 0.05) is 0 Å². The molecule has 3 nitrogen and oxygen atoms in total. The molecular formula is C17H24O3. The van der Waals surface area contributed by atoms with Gasteiger partial charge in [0.05, 0.1) is 5.56 Å². The summed E-state index contributed by atoms with van der Waals surface area (Å²) in [6.07, 6.45) is 3.31. The van der Waals surface area contributed by atoms with Gasteiger partial charge in [-0.25, -0.2) is 4.79 Å². The summed E-state index contributed by atoms with van der Waals surface area (Å²) in [6.45, 7) is 6.61. The second-order valence-corrected chi connectivity index (χ2v) is 6.32. The van der Waals surface area contributed by atoms with Gasteiger partial charge in [-0.05, 0) is 54.9 Å². The van der Waals surface area contributed by atoms with Crippen molar-refractivity contribution in [2.45, 2.75) is 46.1 Å². The Labute approximate surface area is 121 Å². The highest BCUT2D eigenvalue weighted by Crippen LogP contribution is 2.35. The van der Waals surface area contributed by atoms with Crippen molar-refractivity contribution < 1.29 is 14.6 Å². The monoisotopic (exact) mass is 276 g/mol. The Kier molecular flexibility index (Phi) is 4.69. The summed E-state index contributed by atoms with van der Waals surface area (Å²) in [5.74, 6) is 1.47. The van der Waals surface area contributed by atoms with Crippen LogP contribution in [-0.4, -0.2) is 17.2 Å². The van der Waals surface area contributed by atoms with Crippen LogP contribution in [0.4, 0.5) is 0 Å². The lowest BCUT2D eigenvalue weighted by atomic mass is 9.75. The number of benzene rings is 1. The molecule has 1 saturated carbocycles. The second-order valence-electron chi connectivity index (χ2n) is 6.32. The Morgan fingerprint density at radius 3 is 2.50 bits per heavy atom. The van der Waals surface area contributed by atoms with Gasteiger partial charge in [-0.15, -0.1) is 0 Å². The van der Waals surface area contributed by atoms with Crippen molar-refractivity contribution in [1.82, 2.24) is 0 Å². The molecule has 0 heterocycles. The van der Waals surface area contributed by atoms with E-state index in [1.54, 1.807) is 12.1 Å². The van der Waals surface area contributed by atoms with Gasteiger partial charge in [0.25, 0.3) is 0 Å². The van der Waals surface area contributed by atoms with Crippen LogP contribution in [0.5, 0.6) is 5.75 Å². The van der Waals surface area contributed by atoms with Gasteiger partial charge in [0.15, 0.2) is 0 Å². The predicted octanol–water partition coefficient (Wildman–Crippen LogP) is 4.01. The molecule has 0 radical (unpaired) electrons. The molecular weight excluding hydrogens is 252 g/mol. The molecule has 0 aromatic heterocycles. The lowest BCUT2D eigenvalue weighted by Gasteiger charge is -2.36. The maximum Gasteiger partial charge on any atom is 0.338 e. The molecule has 0 spiro atoms. The van der Waals surface area contributed by atoms with E-state index in [-0.39, 0.29) is 17.8 Å². The van der Waals surface area contributed by atoms with Crippen LogP contribution in [-0.2, 0) is 4.74 Å². The molecule has 1 fully saturated rings. The van der Waals surface area contributed by atoms with Crippen molar-refractivity contribution in [2.75, 3.05) is 0 Å². The number of rotatable bonds is 3. The Bertz CT molecular complexity index is 450. The van der Waals surface area contributed by atoms with Gasteiger partial charge in [-0.1, -0.05) is 27.2 Å². The number of carbonyl (C=O) groups excluding carboxylic acids is 1. The molecule has 3 atom stereocenters. The van der Waals surface area contributed by atoms with E-state index in [0.717, 1.165) is 12.8 Å². The number of phenols is 1. The lowest BCUT2D eigenvalue weighted by Crippen LogP contribution is -2.35. The van der Waals surface area contributed by atoms with E-state index in [2.05, 4.69) is 20.8 Å². The predicted molar refractivity (Wildman–Crippen MR) is 78.7 cm³/mol. The maximum absolute atomic E-state index is 12.2. The third-order valence-electron chi connectivity index (χ3n) is 4.32. The summed E-state index contributed by atoms with van der Waals surface area (Å²) >= 11 is 0. The third-order valence-corrected chi connectivity index (χ3v) is 4.32. The molecule has 0 amide bonds. The Morgan fingerprint density at radius 2 is 1.90 bits per heavy atom. The fourth-order valence-electron chi connectivity index (χ4n) is 3.05. The number of carbonyl (C=O) groups is 1. The summed E-state index contributed by atoms with van der Waals surface area (Å²) < 4.78 is 5.74. The van der Waals surface area contributed by atoms with Gasteiger partial charge in [0.2, 0.25) is 0 Å². The van der Waals surface area contributed by atoms with Crippen LogP contribution in [0.2, 0.25) is 0 Å². The smallest absolute Gasteiger partial charge is 0.338 e. The minimum atomic E-state index is -0.283. The number of hydrogen-bond donors (Lipinski definition) is 1. The molecule has 3 heteroatoms. The minimum Gasteiger partial charge on any atom is -0.508 e. The molecule has 110 valence electrons. The molecule has 20 heavy (non-hydrogen) atoms. The standard InChI is InChI=1S/C17H24O3/c1-11(2)15-9-4-12(3)10-16(15)20-17(19)13-5-7-14(18)8-6-13/h5-8,11-12,15-16,18H,4,9-10H2,1-3H3/t12-,15+,16-/m1/s1. The zero-order chi connectivity index (χ0) is 14.7. The van der Waals surface area contributed by atoms with E-state index >= 15 is 0 Å². The number of aromatic hydroxyl groups is 1. The fourth-order valence-corrected chi connectivity index (χ4v) is 3.05. The largest absolute Gasteiger partial charge is 0.508 e. The molecule has 2 rings (SSSR count). The van der Waals surface area contributed by atoms with E-state index in [0.29, 0.717) is 23.3 Å². The first kappa shape index (κ1) is 14.9. The fraction of sp³-hybridized carbons (Fsp3) is 0.588. The van der Waals surface area contributed by atoms with Gasteiger partial charge in [-0.3, -0.25) is 0 Å². The summed E-state index contributed by atoms with van der Waals surface area (Å²) in [5, 5.41) is 9.26. The summed E-state index contributed by atoms with van der Waals surface area (Å²) in [4.78, 5) is 12.2. The molecule has 0 bridgehead atoms. The van der Waals surface area contributed by atoms with Gasteiger partial charge in [-0.2, -0.15) is 0 Å².